The Hall–Kier alpha value is -1.79. The lowest BCUT2D eigenvalue weighted by molar-refractivity contribution is -0.0501. The Morgan fingerprint density at radius 2 is 2.11 bits per heavy atom. The molecule has 2 aromatic heterocycles. The first-order valence-electron chi connectivity index (χ1n) is 5.82. The van der Waals surface area contributed by atoms with E-state index in [1.165, 1.54) is 0 Å². The average molecular weight is 278 g/mol. The summed E-state index contributed by atoms with van der Waals surface area (Å²) in [5, 5.41) is 11.4. The molecule has 7 heteroatoms. The summed E-state index contributed by atoms with van der Waals surface area (Å²) in [5.41, 5.74) is 0.841. The number of hydrogen-bond acceptors (Lipinski definition) is 6. The van der Waals surface area contributed by atoms with Gasteiger partial charge in [0.05, 0.1) is 19.4 Å². The number of anilines is 2. The maximum Gasteiger partial charge on any atom is 0.155 e. The van der Waals surface area contributed by atoms with E-state index in [9.17, 15) is 0 Å². The van der Waals surface area contributed by atoms with Gasteiger partial charge < -0.3 is 10.1 Å². The minimum Gasteiger partial charge on any atom is -0.379 e. The summed E-state index contributed by atoms with van der Waals surface area (Å²) in [5.74, 6) is 1.20. The first-order chi connectivity index (χ1) is 9.17. The Labute approximate surface area is 115 Å². The fraction of sp³-hybridized carbons (Fsp3) is 0.333. The van der Waals surface area contributed by atoms with Crippen molar-refractivity contribution in [2.75, 3.05) is 18.5 Å². The van der Waals surface area contributed by atoms with Gasteiger partial charge >= 0.3 is 0 Å². The summed E-state index contributed by atoms with van der Waals surface area (Å²) < 4.78 is 5.26. The van der Waals surface area contributed by atoms with Crippen molar-refractivity contribution in [1.29, 1.82) is 0 Å². The standard InChI is InChI=1S/C12H12ClN5O/c1-12(6-19-7-12)8-4-9(17-18-11(8)13)16-10-5-14-2-3-15-10/h2-5H,6-7H2,1H3,(H,15,16,17). The normalized spacial score (nSPS) is 16.7. The SMILES string of the molecule is CC1(c2cc(Nc3cnccn3)nnc2Cl)COC1. The zero-order valence-corrected chi connectivity index (χ0v) is 11.1. The van der Waals surface area contributed by atoms with Crippen molar-refractivity contribution in [1.82, 2.24) is 20.2 Å². The van der Waals surface area contributed by atoms with Gasteiger partial charge in [-0.05, 0) is 6.07 Å². The summed E-state index contributed by atoms with van der Waals surface area (Å²) in [7, 11) is 0. The largest absolute Gasteiger partial charge is 0.379 e. The van der Waals surface area contributed by atoms with Crippen molar-refractivity contribution in [3.05, 3.63) is 35.4 Å². The zero-order chi connectivity index (χ0) is 13.3. The summed E-state index contributed by atoms with van der Waals surface area (Å²) in [4.78, 5) is 8.10. The first kappa shape index (κ1) is 12.3. The highest BCUT2D eigenvalue weighted by molar-refractivity contribution is 6.30. The maximum absolute atomic E-state index is 6.11. The van der Waals surface area contributed by atoms with Crippen LogP contribution in [0.3, 0.4) is 0 Å². The van der Waals surface area contributed by atoms with Crippen LogP contribution in [0.5, 0.6) is 0 Å². The summed E-state index contributed by atoms with van der Waals surface area (Å²) in [6.07, 6.45) is 4.83. The van der Waals surface area contributed by atoms with Crippen LogP contribution < -0.4 is 5.32 Å². The molecule has 3 rings (SSSR count). The quantitative estimate of drug-likeness (QED) is 0.924. The third kappa shape index (κ3) is 2.36. The van der Waals surface area contributed by atoms with Crippen molar-refractivity contribution in [2.45, 2.75) is 12.3 Å². The van der Waals surface area contributed by atoms with E-state index in [2.05, 4.69) is 32.4 Å². The van der Waals surface area contributed by atoms with E-state index in [0.717, 1.165) is 5.56 Å². The van der Waals surface area contributed by atoms with Gasteiger partial charge in [0.25, 0.3) is 0 Å². The molecule has 0 amide bonds. The number of aromatic nitrogens is 4. The van der Waals surface area contributed by atoms with Crippen LogP contribution in [0, 0.1) is 0 Å². The molecule has 0 saturated carbocycles. The predicted octanol–water partition coefficient (Wildman–Crippen LogP) is 1.95. The molecule has 0 aliphatic carbocycles. The lowest BCUT2D eigenvalue weighted by Crippen LogP contribution is -2.44. The van der Waals surface area contributed by atoms with Gasteiger partial charge in [-0.3, -0.25) is 4.98 Å². The number of halogens is 1. The molecule has 0 spiro atoms. The fourth-order valence-electron chi connectivity index (χ4n) is 1.92. The molecule has 0 bridgehead atoms. The van der Waals surface area contributed by atoms with Crippen LogP contribution in [-0.4, -0.2) is 33.4 Å². The van der Waals surface area contributed by atoms with Crippen LogP contribution in [0.2, 0.25) is 5.15 Å². The molecular formula is C12H12ClN5O. The molecule has 0 aromatic carbocycles. The molecular weight excluding hydrogens is 266 g/mol. The van der Waals surface area contributed by atoms with E-state index in [1.807, 2.05) is 6.07 Å². The zero-order valence-electron chi connectivity index (χ0n) is 10.3. The Morgan fingerprint density at radius 3 is 2.74 bits per heavy atom. The lowest BCUT2D eigenvalue weighted by atomic mass is 9.82. The molecule has 98 valence electrons. The van der Waals surface area contributed by atoms with Gasteiger partial charge in [-0.25, -0.2) is 4.98 Å². The van der Waals surface area contributed by atoms with Gasteiger partial charge in [-0.15, -0.1) is 10.2 Å². The van der Waals surface area contributed by atoms with Crippen LogP contribution in [0.4, 0.5) is 11.6 Å². The minimum atomic E-state index is -0.0914. The van der Waals surface area contributed by atoms with Crippen LogP contribution in [0.15, 0.2) is 24.7 Å². The summed E-state index contributed by atoms with van der Waals surface area (Å²) >= 11 is 6.11. The molecule has 1 N–H and O–H groups in total. The third-order valence-electron chi connectivity index (χ3n) is 3.06. The highest BCUT2D eigenvalue weighted by Crippen LogP contribution is 2.36. The highest BCUT2D eigenvalue weighted by Gasteiger charge is 2.37. The van der Waals surface area contributed by atoms with E-state index < -0.39 is 0 Å². The number of nitrogens with one attached hydrogen (secondary N) is 1. The molecule has 1 aliphatic heterocycles. The molecule has 6 nitrogen and oxygen atoms in total. The number of ether oxygens (including phenoxy) is 1. The van der Waals surface area contributed by atoms with E-state index in [0.29, 0.717) is 30.0 Å². The van der Waals surface area contributed by atoms with E-state index in [-0.39, 0.29) is 5.41 Å². The van der Waals surface area contributed by atoms with Gasteiger partial charge in [0.15, 0.2) is 11.0 Å². The Balaban J connectivity index is 1.89. The molecule has 1 fully saturated rings. The molecule has 3 heterocycles. The van der Waals surface area contributed by atoms with Crippen LogP contribution in [0.1, 0.15) is 12.5 Å². The summed E-state index contributed by atoms with van der Waals surface area (Å²) in [6.45, 7) is 3.37. The maximum atomic E-state index is 6.11. The minimum absolute atomic E-state index is 0.0914. The highest BCUT2D eigenvalue weighted by atomic mass is 35.5. The number of hydrogen-bond donors (Lipinski definition) is 1. The fourth-order valence-corrected chi connectivity index (χ4v) is 2.24. The van der Waals surface area contributed by atoms with Crippen molar-refractivity contribution in [3.63, 3.8) is 0 Å². The van der Waals surface area contributed by atoms with Crippen LogP contribution in [0.25, 0.3) is 0 Å². The second-order valence-corrected chi connectivity index (χ2v) is 5.06. The first-order valence-corrected chi connectivity index (χ1v) is 6.20. The summed E-state index contributed by atoms with van der Waals surface area (Å²) in [6, 6.07) is 1.88. The second-order valence-electron chi connectivity index (χ2n) is 4.70. The van der Waals surface area contributed by atoms with Crippen molar-refractivity contribution >= 4 is 23.2 Å². The van der Waals surface area contributed by atoms with Crippen molar-refractivity contribution in [3.8, 4) is 0 Å². The van der Waals surface area contributed by atoms with Crippen molar-refractivity contribution < 1.29 is 4.74 Å². The van der Waals surface area contributed by atoms with Gasteiger partial charge in [0.1, 0.15) is 5.82 Å². The predicted molar refractivity (Wildman–Crippen MR) is 70.5 cm³/mol. The van der Waals surface area contributed by atoms with Gasteiger partial charge in [0.2, 0.25) is 0 Å². The molecule has 0 unspecified atom stereocenters. The van der Waals surface area contributed by atoms with Crippen LogP contribution in [-0.2, 0) is 10.2 Å². The smallest absolute Gasteiger partial charge is 0.155 e. The third-order valence-corrected chi connectivity index (χ3v) is 3.34. The van der Waals surface area contributed by atoms with Crippen molar-refractivity contribution in [2.24, 2.45) is 0 Å². The number of nitrogens with zero attached hydrogens (tertiary/aromatic N) is 4. The average Bonchev–Trinajstić information content (AvgIpc) is 2.39. The lowest BCUT2D eigenvalue weighted by Gasteiger charge is -2.38. The van der Waals surface area contributed by atoms with E-state index in [1.54, 1.807) is 18.6 Å². The topological polar surface area (TPSA) is 72.8 Å². The second kappa shape index (κ2) is 4.71. The Kier molecular flexibility index (Phi) is 3.04. The van der Waals surface area contributed by atoms with E-state index >= 15 is 0 Å². The Morgan fingerprint density at radius 1 is 1.26 bits per heavy atom. The molecule has 19 heavy (non-hydrogen) atoms. The van der Waals surface area contributed by atoms with Gasteiger partial charge in [0, 0.05) is 23.4 Å². The molecule has 0 atom stereocenters. The molecule has 0 radical (unpaired) electrons. The number of rotatable bonds is 3. The van der Waals surface area contributed by atoms with Crippen LogP contribution >= 0.6 is 11.6 Å². The molecule has 1 saturated heterocycles. The monoisotopic (exact) mass is 277 g/mol. The van der Waals surface area contributed by atoms with E-state index in [4.69, 9.17) is 16.3 Å². The molecule has 1 aliphatic rings. The molecule has 2 aromatic rings. The Bertz CT molecular complexity index is 588. The van der Waals surface area contributed by atoms with Gasteiger partial charge in [-0.2, -0.15) is 0 Å². The van der Waals surface area contributed by atoms with Gasteiger partial charge in [-0.1, -0.05) is 18.5 Å².